The molecule has 0 saturated heterocycles. The third-order valence-corrected chi connectivity index (χ3v) is 2.65. The van der Waals surface area contributed by atoms with Gasteiger partial charge in [-0.1, -0.05) is 25.4 Å². The first-order valence-electron chi connectivity index (χ1n) is 4.72. The summed E-state index contributed by atoms with van der Waals surface area (Å²) in [5, 5.41) is 8.92. The van der Waals surface area contributed by atoms with E-state index in [2.05, 4.69) is 0 Å². The molecule has 0 radical (unpaired) electrons. The molecule has 1 unspecified atom stereocenters. The second-order valence-corrected chi connectivity index (χ2v) is 4.22. The molecule has 88 valence electrons. The fourth-order valence-corrected chi connectivity index (χ4v) is 1.83. The number of carbonyl (C=O) groups is 1. The summed E-state index contributed by atoms with van der Waals surface area (Å²) in [5.74, 6) is -5.03. The Morgan fingerprint density at radius 3 is 2.38 bits per heavy atom. The molecule has 0 amide bonds. The van der Waals surface area contributed by atoms with Crippen molar-refractivity contribution < 1.29 is 18.7 Å². The average Bonchev–Trinajstić information content (AvgIpc) is 2.17. The minimum Gasteiger partial charge on any atom is -0.481 e. The van der Waals surface area contributed by atoms with E-state index in [4.69, 9.17) is 16.7 Å². The van der Waals surface area contributed by atoms with Gasteiger partial charge in [-0.25, -0.2) is 8.78 Å². The van der Waals surface area contributed by atoms with Crippen LogP contribution in [0.15, 0.2) is 12.1 Å². The molecule has 0 aliphatic heterocycles. The third kappa shape index (κ3) is 2.32. The van der Waals surface area contributed by atoms with Crippen molar-refractivity contribution in [2.24, 2.45) is 5.92 Å². The van der Waals surface area contributed by atoms with E-state index in [9.17, 15) is 13.6 Å². The van der Waals surface area contributed by atoms with E-state index >= 15 is 0 Å². The summed E-state index contributed by atoms with van der Waals surface area (Å²) in [5.41, 5.74) is -0.288. The second-order valence-electron chi connectivity index (χ2n) is 3.82. The quantitative estimate of drug-likeness (QED) is 0.832. The highest BCUT2D eigenvalue weighted by Crippen LogP contribution is 2.33. The molecule has 16 heavy (non-hydrogen) atoms. The zero-order valence-corrected chi connectivity index (χ0v) is 9.55. The lowest BCUT2D eigenvalue weighted by Crippen LogP contribution is -2.19. The fraction of sp³-hybridized carbons (Fsp3) is 0.364. The van der Waals surface area contributed by atoms with Crippen molar-refractivity contribution >= 4 is 17.6 Å². The normalized spacial score (nSPS) is 12.9. The van der Waals surface area contributed by atoms with Crippen LogP contribution in [0, 0.1) is 17.6 Å². The molecule has 5 heteroatoms. The van der Waals surface area contributed by atoms with Gasteiger partial charge in [0, 0.05) is 10.6 Å². The van der Waals surface area contributed by atoms with Crippen molar-refractivity contribution in [3.63, 3.8) is 0 Å². The Bertz CT molecular complexity index is 419. The van der Waals surface area contributed by atoms with Crippen LogP contribution in [-0.2, 0) is 4.79 Å². The van der Waals surface area contributed by atoms with Crippen LogP contribution in [0.5, 0.6) is 0 Å². The highest BCUT2D eigenvalue weighted by atomic mass is 35.5. The molecule has 0 bridgehead atoms. The van der Waals surface area contributed by atoms with Gasteiger partial charge in [0.05, 0.1) is 5.92 Å². The number of hydrogen-bond acceptors (Lipinski definition) is 1. The van der Waals surface area contributed by atoms with E-state index in [-0.39, 0.29) is 16.5 Å². The zero-order valence-electron chi connectivity index (χ0n) is 8.80. The van der Waals surface area contributed by atoms with Crippen LogP contribution in [0.1, 0.15) is 25.3 Å². The average molecular weight is 249 g/mol. The fourth-order valence-electron chi connectivity index (χ4n) is 1.57. The van der Waals surface area contributed by atoms with Crippen molar-refractivity contribution in [3.05, 3.63) is 34.4 Å². The molecule has 0 saturated carbocycles. The molecule has 2 nitrogen and oxygen atoms in total. The van der Waals surface area contributed by atoms with E-state index in [1.165, 1.54) is 0 Å². The predicted octanol–water partition coefficient (Wildman–Crippen LogP) is 3.44. The zero-order chi connectivity index (χ0) is 12.5. The minimum atomic E-state index is -1.22. The number of hydrogen-bond donors (Lipinski definition) is 1. The standard InChI is InChI=1S/C11H11ClF2O2/c1-5(2)8(11(15)16)9-6(12)3-4-7(13)10(9)14/h3-5,8H,1-2H3,(H,15,16). The van der Waals surface area contributed by atoms with E-state index in [1.807, 2.05) is 0 Å². The van der Waals surface area contributed by atoms with Gasteiger partial charge in [0.15, 0.2) is 11.6 Å². The van der Waals surface area contributed by atoms with Crippen LogP contribution >= 0.6 is 11.6 Å². The van der Waals surface area contributed by atoms with Crippen LogP contribution in [0.3, 0.4) is 0 Å². The molecule has 1 N–H and O–H groups in total. The van der Waals surface area contributed by atoms with Crippen molar-refractivity contribution in [2.45, 2.75) is 19.8 Å². The molecular formula is C11H11ClF2O2. The van der Waals surface area contributed by atoms with Crippen LogP contribution in [0.25, 0.3) is 0 Å². The minimum absolute atomic E-state index is 0.0694. The second kappa shape index (κ2) is 4.78. The molecular weight excluding hydrogens is 238 g/mol. The van der Waals surface area contributed by atoms with Crippen molar-refractivity contribution in [3.8, 4) is 0 Å². The summed E-state index contributed by atoms with van der Waals surface area (Å²) in [6.07, 6.45) is 0. The van der Waals surface area contributed by atoms with Crippen LogP contribution < -0.4 is 0 Å². The first-order valence-corrected chi connectivity index (χ1v) is 5.10. The van der Waals surface area contributed by atoms with Crippen LogP contribution in [0.2, 0.25) is 5.02 Å². The predicted molar refractivity (Wildman–Crippen MR) is 56.6 cm³/mol. The number of rotatable bonds is 3. The van der Waals surface area contributed by atoms with Gasteiger partial charge in [0.25, 0.3) is 0 Å². The Labute approximate surface area is 96.8 Å². The summed E-state index contributed by atoms with van der Waals surface area (Å²) < 4.78 is 26.5. The molecule has 1 aromatic carbocycles. The van der Waals surface area contributed by atoms with Crippen molar-refractivity contribution in [2.75, 3.05) is 0 Å². The van der Waals surface area contributed by atoms with Gasteiger partial charge >= 0.3 is 5.97 Å². The summed E-state index contributed by atoms with van der Waals surface area (Å²) in [6.45, 7) is 3.22. The van der Waals surface area contributed by atoms with Gasteiger partial charge in [-0.3, -0.25) is 4.79 Å². The summed E-state index contributed by atoms with van der Waals surface area (Å²) in [4.78, 5) is 11.0. The van der Waals surface area contributed by atoms with Gasteiger partial charge in [0.2, 0.25) is 0 Å². The van der Waals surface area contributed by atoms with E-state index in [0.29, 0.717) is 0 Å². The maximum atomic E-state index is 13.5. The van der Waals surface area contributed by atoms with Crippen LogP contribution in [-0.4, -0.2) is 11.1 Å². The van der Waals surface area contributed by atoms with Crippen LogP contribution in [0.4, 0.5) is 8.78 Å². The third-order valence-electron chi connectivity index (χ3n) is 2.32. The van der Waals surface area contributed by atoms with Crippen molar-refractivity contribution in [1.29, 1.82) is 0 Å². The highest BCUT2D eigenvalue weighted by molar-refractivity contribution is 6.31. The largest absolute Gasteiger partial charge is 0.481 e. The van der Waals surface area contributed by atoms with Gasteiger partial charge in [0.1, 0.15) is 0 Å². The first-order chi connectivity index (χ1) is 7.36. The van der Waals surface area contributed by atoms with E-state index in [0.717, 1.165) is 12.1 Å². The maximum absolute atomic E-state index is 13.5. The Kier molecular flexibility index (Phi) is 3.86. The molecule has 1 atom stereocenters. The lowest BCUT2D eigenvalue weighted by molar-refractivity contribution is -0.139. The van der Waals surface area contributed by atoms with Gasteiger partial charge in [-0.15, -0.1) is 0 Å². The van der Waals surface area contributed by atoms with Crippen molar-refractivity contribution in [1.82, 2.24) is 0 Å². The number of carboxylic acid groups (broad SMARTS) is 1. The lowest BCUT2D eigenvalue weighted by atomic mass is 9.88. The molecule has 0 aliphatic rings. The van der Waals surface area contributed by atoms with E-state index < -0.39 is 23.5 Å². The molecule has 0 spiro atoms. The number of aliphatic carboxylic acids is 1. The lowest BCUT2D eigenvalue weighted by Gasteiger charge is -2.18. The first kappa shape index (κ1) is 12.9. The van der Waals surface area contributed by atoms with Gasteiger partial charge in [-0.2, -0.15) is 0 Å². The molecule has 1 rings (SSSR count). The number of benzene rings is 1. The Morgan fingerprint density at radius 1 is 1.38 bits per heavy atom. The monoisotopic (exact) mass is 248 g/mol. The Hall–Kier alpha value is -1.16. The van der Waals surface area contributed by atoms with E-state index in [1.54, 1.807) is 13.8 Å². The summed E-state index contributed by atoms with van der Waals surface area (Å²) in [7, 11) is 0. The highest BCUT2D eigenvalue weighted by Gasteiger charge is 2.30. The molecule has 0 aromatic heterocycles. The molecule has 0 aliphatic carbocycles. The molecule has 1 aromatic rings. The summed E-state index contributed by atoms with van der Waals surface area (Å²) in [6, 6.07) is 2.04. The smallest absolute Gasteiger partial charge is 0.311 e. The maximum Gasteiger partial charge on any atom is 0.311 e. The van der Waals surface area contributed by atoms with Gasteiger partial charge in [-0.05, 0) is 18.1 Å². The Morgan fingerprint density at radius 2 is 1.94 bits per heavy atom. The molecule has 0 fully saturated rings. The summed E-state index contributed by atoms with van der Waals surface area (Å²) >= 11 is 5.71. The SMILES string of the molecule is CC(C)C(C(=O)O)c1c(Cl)ccc(F)c1F. The number of halogens is 3. The van der Waals surface area contributed by atoms with Gasteiger partial charge < -0.3 is 5.11 Å². The number of carboxylic acids is 1. The Balaban J connectivity index is 3.40. The molecule has 0 heterocycles. The topological polar surface area (TPSA) is 37.3 Å².